The van der Waals surface area contributed by atoms with Crippen LogP contribution in [0.5, 0.6) is 0 Å². The summed E-state index contributed by atoms with van der Waals surface area (Å²) >= 11 is 0. The van der Waals surface area contributed by atoms with Crippen molar-refractivity contribution in [3.8, 4) is 11.1 Å². The third-order valence-electron chi connectivity index (χ3n) is 2.22. The van der Waals surface area contributed by atoms with Crippen LogP contribution in [-0.2, 0) is 0 Å². The summed E-state index contributed by atoms with van der Waals surface area (Å²) in [5.74, 6) is -0.836. The fourth-order valence-corrected chi connectivity index (χ4v) is 1.39. The van der Waals surface area contributed by atoms with Crippen molar-refractivity contribution in [3.05, 3.63) is 53.9 Å². The Hall–Kier alpha value is -1.77. The van der Waals surface area contributed by atoms with Crippen molar-refractivity contribution in [2.45, 2.75) is 6.92 Å². The largest absolute Gasteiger partial charge is 0.264 e. The highest BCUT2D eigenvalue weighted by Gasteiger charge is 2.08. The molecule has 0 saturated heterocycles. The van der Waals surface area contributed by atoms with Crippen LogP contribution in [0.4, 0.5) is 8.78 Å². The quantitative estimate of drug-likeness (QED) is 0.695. The lowest BCUT2D eigenvalue weighted by Gasteiger charge is -2.04. The van der Waals surface area contributed by atoms with Crippen molar-refractivity contribution in [2.24, 2.45) is 0 Å². The summed E-state index contributed by atoms with van der Waals surface area (Å²) in [7, 11) is 0. The maximum Gasteiger partial charge on any atom is 0.131 e. The molecule has 0 amide bonds. The number of nitrogens with zero attached hydrogens (tertiary/aromatic N) is 1. The van der Waals surface area contributed by atoms with Gasteiger partial charge in [-0.25, -0.2) is 8.78 Å². The van der Waals surface area contributed by atoms with Crippen LogP contribution in [0.2, 0.25) is 0 Å². The molecule has 2 rings (SSSR count). The van der Waals surface area contributed by atoms with E-state index in [4.69, 9.17) is 0 Å². The second-order valence-corrected chi connectivity index (χ2v) is 3.32. The molecular formula is C12H9F2N. The van der Waals surface area contributed by atoms with E-state index in [1.165, 1.54) is 25.3 Å². The first-order valence-electron chi connectivity index (χ1n) is 4.54. The average molecular weight is 205 g/mol. The lowest BCUT2D eigenvalue weighted by Crippen LogP contribution is -1.90. The lowest BCUT2D eigenvalue weighted by molar-refractivity contribution is 0.595. The fourth-order valence-electron chi connectivity index (χ4n) is 1.39. The standard InChI is InChI=1S/C12H9F2N/c1-8-5-12(14)10(6-11(8)13)9-3-2-4-15-7-9/h2-7H,1H3. The van der Waals surface area contributed by atoms with Gasteiger partial charge in [-0.2, -0.15) is 0 Å². The van der Waals surface area contributed by atoms with E-state index in [9.17, 15) is 8.78 Å². The SMILES string of the molecule is Cc1cc(F)c(-c2cccnc2)cc1F. The maximum absolute atomic E-state index is 13.5. The highest BCUT2D eigenvalue weighted by Crippen LogP contribution is 2.24. The first-order valence-corrected chi connectivity index (χ1v) is 4.54. The zero-order chi connectivity index (χ0) is 10.8. The molecule has 0 saturated carbocycles. The maximum atomic E-state index is 13.5. The molecule has 2 aromatic rings. The molecule has 0 aliphatic carbocycles. The van der Waals surface area contributed by atoms with Gasteiger partial charge in [0.25, 0.3) is 0 Å². The average Bonchev–Trinajstić information content (AvgIpc) is 2.25. The number of aromatic nitrogens is 1. The summed E-state index contributed by atoms with van der Waals surface area (Å²) < 4.78 is 26.8. The Kier molecular flexibility index (Phi) is 2.46. The lowest BCUT2D eigenvalue weighted by atomic mass is 10.0. The van der Waals surface area contributed by atoms with Gasteiger partial charge in [-0.3, -0.25) is 4.98 Å². The summed E-state index contributed by atoms with van der Waals surface area (Å²) in [6.07, 6.45) is 3.10. The van der Waals surface area contributed by atoms with Crippen LogP contribution in [0.15, 0.2) is 36.7 Å². The molecule has 0 bridgehead atoms. The minimum atomic E-state index is -0.429. The van der Waals surface area contributed by atoms with E-state index < -0.39 is 11.6 Å². The molecule has 0 aliphatic rings. The molecule has 0 fully saturated rings. The monoisotopic (exact) mass is 205 g/mol. The smallest absolute Gasteiger partial charge is 0.131 e. The van der Waals surface area contributed by atoms with Crippen molar-refractivity contribution in [1.82, 2.24) is 4.98 Å². The second kappa shape index (κ2) is 3.77. The van der Waals surface area contributed by atoms with E-state index in [0.29, 0.717) is 11.1 Å². The van der Waals surface area contributed by atoms with E-state index in [-0.39, 0.29) is 5.56 Å². The molecule has 1 nitrogen and oxygen atoms in total. The Morgan fingerprint density at radius 2 is 1.93 bits per heavy atom. The molecular weight excluding hydrogens is 196 g/mol. The minimum absolute atomic E-state index is 0.242. The zero-order valence-electron chi connectivity index (χ0n) is 8.17. The van der Waals surface area contributed by atoms with Gasteiger partial charge in [0.1, 0.15) is 11.6 Å². The fraction of sp³-hybridized carbons (Fsp3) is 0.0833. The number of aryl methyl sites for hydroxylation is 1. The molecule has 3 heteroatoms. The van der Waals surface area contributed by atoms with E-state index in [0.717, 1.165) is 0 Å². The summed E-state index contributed by atoms with van der Waals surface area (Å²) in [5.41, 5.74) is 1.13. The van der Waals surface area contributed by atoms with Gasteiger partial charge in [-0.1, -0.05) is 6.07 Å². The van der Waals surface area contributed by atoms with Crippen molar-refractivity contribution < 1.29 is 8.78 Å². The van der Waals surface area contributed by atoms with Gasteiger partial charge in [-0.15, -0.1) is 0 Å². The van der Waals surface area contributed by atoms with Crippen LogP contribution in [-0.4, -0.2) is 4.98 Å². The van der Waals surface area contributed by atoms with Crippen molar-refractivity contribution in [1.29, 1.82) is 0 Å². The second-order valence-electron chi connectivity index (χ2n) is 3.32. The van der Waals surface area contributed by atoms with E-state index >= 15 is 0 Å². The molecule has 0 spiro atoms. The van der Waals surface area contributed by atoms with Gasteiger partial charge in [-0.05, 0) is 30.7 Å². The third-order valence-corrected chi connectivity index (χ3v) is 2.22. The third kappa shape index (κ3) is 1.86. The van der Waals surface area contributed by atoms with Crippen LogP contribution >= 0.6 is 0 Å². The van der Waals surface area contributed by atoms with Gasteiger partial charge in [0.15, 0.2) is 0 Å². The van der Waals surface area contributed by atoms with Crippen molar-refractivity contribution in [3.63, 3.8) is 0 Å². The van der Waals surface area contributed by atoms with Gasteiger partial charge >= 0.3 is 0 Å². The summed E-state index contributed by atoms with van der Waals surface area (Å²) in [6.45, 7) is 1.53. The molecule has 0 unspecified atom stereocenters. The first-order chi connectivity index (χ1) is 7.18. The summed E-state index contributed by atoms with van der Waals surface area (Å²) in [5, 5.41) is 0. The molecule has 76 valence electrons. The number of hydrogen-bond acceptors (Lipinski definition) is 1. The highest BCUT2D eigenvalue weighted by molar-refractivity contribution is 5.63. The molecule has 0 radical (unpaired) electrons. The zero-order valence-corrected chi connectivity index (χ0v) is 8.17. The van der Waals surface area contributed by atoms with Crippen LogP contribution < -0.4 is 0 Å². The first kappa shape index (κ1) is 9.77. The van der Waals surface area contributed by atoms with Gasteiger partial charge in [0.05, 0.1) is 0 Å². The van der Waals surface area contributed by atoms with Crippen LogP contribution in [0.1, 0.15) is 5.56 Å². The number of halogens is 2. The molecule has 0 aliphatic heterocycles. The predicted octanol–water partition coefficient (Wildman–Crippen LogP) is 3.34. The molecule has 1 aromatic heterocycles. The Morgan fingerprint density at radius 3 is 2.60 bits per heavy atom. The number of pyridine rings is 1. The number of rotatable bonds is 1. The number of hydrogen-bond donors (Lipinski definition) is 0. The van der Waals surface area contributed by atoms with Gasteiger partial charge in [0, 0.05) is 23.5 Å². The minimum Gasteiger partial charge on any atom is -0.264 e. The normalized spacial score (nSPS) is 10.3. The molecule has 1 aromatic carbocycles. The van der Waals surface area contributed by atoms with Gasteiger partial charge < -0.3 is 0 Å². The number of benzene rings is 1. The van der Waals surface area contributed by atoms with Crippen molar-refractivity contribution in [2.75, 3.05) is 0 Å². The Bertz CT molecular complexity index is 480. The Balaban J connectivity index is 2.59. The predicted molar refractivity (Wildman–Crippen MR) is 54.3 cm³/mol. The molecule has 1 heterocycles. The topological polar surface area (TPSA) is 12.9 Å². The Labute approximate surface area is 86.4 Å². The van der Waals surface area contributed by atoms with E-state index in [2.05, 4.69) is 4.98 Å². The van der Waals surface area contributed by atoms with Crippen LogP contribution in [0.25, 0.3) is 11.1 Å². The van der Waals surface area contributed by atoms with E-state index in [1.54, 1.807) is 18.3 Å². The molecule has 15 heavy (non-hydrogen) atoms. The summed E-state index contributed by atoms with van der Waals surface area (Å²) in [6, 6.07) is 5.77. The molecule has 0 N–H and O–H groups in total. The molecule has 0 atom stereocenters. The Morgan fingerprint density at radius 1 is 1.13 bits per heavy atom. The van der Waals surface area contributed by atoms with Crippen LogP contribution in [0.3, 0.4) is 0 Å². The highest BCUT2D eigenvalue weighted by atomic mass is 19.1. The van der Waals surface area contributed by atoms with Crippen molar-refractivity contribution >= 4 is 0 Å². The van der Waals surface area contributed by atoms with E-state index in [1.807, 2.05) is 0 Å². The van der Waals surface area contributed by atoms with Gasteiger partial charge in [0.2, 0.25) is 0 Å². The summed E-state index contributed by atoms with van der Waals surface area (Å²) in [4.78, 5) is 3.87. The van der Waals surface area contributed by atoms with Crippen LogP contribution in [0, 0.1) is 18.6 Å².